The van der Waals surface area contributed by atoms with Crippen molar-refractivity contribution < 1.29 is 0 Å². The van der Waals surface area contributed by atoms with E-state index in [9.17, 15) is 0 Å². The quantitative estimate of drug-likeness (QED) is 0.408. The van der Waals surface area contributed by atoms with Crippen molar-refractivity contribution in [3.8, 4) is 0 Å². The first-order chi connectivity index (χ1) is 5.33. The number of nitrogens with zero attached hydrogens (tertiary/aromatic N) is 2. The summed E-state index contributed by atoms with van der Waals surface area (Å²) in [4.78, 5) is 3.90. The Morgan fingerprint density at radius 3 is 3.09 bits per heavy atom. The molecular weight excluding hydrogens is 142 g/mol. The summed E-state index contributed by atoms with van der Waals surface area (Å²) in [5.41, 5.74) is 5.28. The Kier molecular flexibility index (Phi) is 2.62. The molecule has 5 heteroatoms. The molecule has 0 atom stereocenters. The molecule has 0 fully saturated rings. The van der Waals surface area contributed by atoms with Gasteiger partial charge in [-0.3, -0.25) is 5.10 Å². The first-order valence-corrected chi connectivity index (χ1v) is 3.31. The maximum Gasteiger partial charge on any atom is 0.239 e. The van der Waals surface area contributed by atoms with E-state index < -0.39 is 0 Å². The Hall–Kier alpha value is -1.36. The van der Waals surface area contributed by atoms with Crippen molar-refractivity contribution >= 4 is 5.95 Å². The van der Waals surface area contributed by atoms with Crippen molar-refractivity contribution in [2.75, 3.05) is 12.3 Å². The monoisotopic (exact) mass is 153 g/mol. The SMILES string of the molecule is C=CCNCc1nc(N)n[nH]1. The van der Waals surface area contributed by atoms with Gasteiger partial charge in [0.25, 0.3) is 0 Å². The lowest BCUT2D eigenvalue weighted by atomic mass is 10.5. The van der Waals surface area contributed by atoms with E-state index in [0.29, 0.717) is 6.54 Å². The predicted molar refractivity (Wildman–Crippen MR) is 42.7 cm³/mol. The third-order valence-electron chi connectivity index (χ3n) is 1.13. The summed E-state index contributed by atoms with van der Waals surface area (Å²) in [5.74, 6) is 1.02. The van der Waals surface area contributed by atoms with Crippen molar-refractivity contribution in [2.24, 2.45) is 0 Å². The number of rotatable bonds is 4. The fraction of sp³-hybridized carbons (Fsp3) is 0.333. The molecule has 1 heterocycles. The summed E-state index contributed by atoms with van der Waals surface area (Å²) in [6.45, 7) is 4.95. The molecule has 1 aromatic rings. The van der Waals surface area contributed by atoms with Crippen LogP contribution in [-0.4, -0.2) is 21.7 Å². The van der Waals surface area contributed by atoms with E-state index in [1.54, 1.807) is 6.08 Å². The third-order valence-corrected chi connectivity index (χ3v) is 1.13. The summed E-state index contributed by atoms with van der Waals surface area (Å²) in [7, 11) is 0. The Bertz CT molecular complexity index is 229. The Labute approximate surface area is 64.7 Å². The molecule has 0 spiro atoms. The highest BCUT2D eigenvalue weighted by molar-refractivity contribution is 5.12. The number of nitrogens with two attached hydrogens (primary N) is 1. The lowest BCUT2D eigenvalue weighted by Gasteiger charge is -1.94. The van der Waals surface area contributed by atoms with Crippen molar-refractivity contribution in [2.45, 2.75) is 6.54 Å². The van der Waals surface area contributed by atoms with Crippen LogP contribution in [0.3, 0.4) is 0 Å². The summed E-state index contributed by atoms with van der Waals surface area (Å²) >= 11 is 0. The van der Waals surface area contributed by atoms with Gasteiger partial charge in [-0.15, -0.1) is 11.7 Å². The van der Waals surface area contributed by atoms with Gasteiger partial charge in [0.2, 0.25) is 5.95 Å². The molecule has 0 radical (unpaired) electrons. The lowest BCUT2D eigenvalue weighted by molar-refractivity contribution is 0.720. The fourth-order valence-electron chi connectivity index (χ4n) is 0.682. The standard InChI is InChI=1S/C6H11N5/c1-2-3-8-4-5-9-6(7)11-10-5/h2,8H,1,3-4H2,(H3,7,9,10,11). The molecule has 0 bridgehead atoms. The molecule has 0 saturated heterocycles. The van der Waals surface area contributed by atoms with Gasteiger partial charge in [-0.2, -0.15) is 4.98 Å². The second-order valence-electron chi connectivity index (χ2n) is 2.06. The summed E-state index contributed by atoms with van der Waals surface area (Å²) in [5, 5.41) is 9.41. The molecule has 1 aromatic heterocycles. The maximum absolute atomic E-state index is 5.28. The molecule has 0 aliphatic heterocycles. The second kappa shape index (κ2) is 3.72. The van der Waals surface area contributed by atoms with Crippen LogP contribution in [0.4, 0.5) is 5.95 Å². The van der Waals surface area contributed by atoms with Crippen molar-refractivity contribution in [3.63, 3.8) is 0 Å². The van der Waals surface area contributed by atoms with Crippen LogP contribution in [0, 0.1) is 0 Å². The van der Waals surface area contributed by atoms with Gasteiger partial charge < -0.3 is 11.1 Å². The predicted octanol–water partition coefficient (Wildman–Crippen LogP) is -0.338. The molecule has 1 rings (SSSR count). The van der Waals surface area contributed by atoms with Crippen LogP contribution in [0.1, 0.15) is 5.82 Å². The van der Waals surface area contributed by atoms with Gasteiger partial charge in [-0.05, 0) is 0 Å². The first-order valence-electron chi connectivity index (χ1n) is 3.31. The zero-order chi connectivity index (χ0) is 8.10. The lowest BCUT2D eigenvalue weighted by Crippen LogP contribution is -2.13. The van der Waals surface area contributed by atoms with E-state index in [-0.39, 0.29) is 5.95 Å². The minimum Gasteiger partial charge on any atom is -0.367 e. The van der Waals surface area contributed by atoms with Crippen LogP contribution in [0.25, 0.3) is 0 Å². The summed E-state index contributed by atoms with van der Waals surface area (Å²) in [6, 6.07) is 0. The molecule has 0 aromatic carbocycles. The van der Waals surface area contributed by atoms with Crippen LogP contribution in [0.15, 0.2) is 12.7 Å². The van der Waals surface area contributed by atoms with Gasteiger partial charge in [0.15, 0.2) is 0 Å². The van der Waals surface area contributed by atoms with Crippen LogP contribution in [0.2, 0.25) is 0 Å². The molecule has 4 N–H and O–H groups in total. The molecule has 11 heavy (non-hydrogen) atoms. The largest absolute Gasteiger partial charge is 0.367 e. The number of aromatic amines is 1. The van der Waals surface area contributed by atoms with Crippen molar-refractivity contribution in [3.05, 3.63) is 18.5 Å². The number of nitrogens with one attached hydrogen (secondary N) is 2. The van der Waals surface area contributed by atoms with E-state index in [1.165, 1.54) is 0 Å². The zero-order valence-corrected chi connectivity index (χ0v) is 6.17. The molecule has 60 valence electrons. The Morgan fingerprint density at radius 2 is 2.55 bits per heavy atom. The number of nitrogen functional groups attached to an aromatic ring is 1. The smallest absolute Gasteiger partial charge is 0.239 e. The van der Waals surface area contributed by atoms with E-state index >= 15 is 0 Å². The number of hydrogen-bond acceptors (Lipinski definition) is 4. The third kappa shape index (κ3) is 2.38. The van der Waals surface area contributed by atoms with E-state index in [4.69, 9.17) is 5.73 Å². The fourth-order valence-corrected chi connectivity index (χ4v) is 0.682. The van der Waals surface area contributed by atoms with Gasteiger partial charge in [-0.25, -0.2) is 0 Å². The van der Waals surface area contributed by atoms with E-state index in [2.05, 4.69) is 27.1 Å². The van der Waals surface area contributed by atoms with Gasteiger partial charge in [0.1, 0.15) is 5.82 Å². The number of H-pyrrole nitrogens is 1. The highest BCUT2D eigenvalue weighted by Gasteiger charge is 1.96. The van der Waals surface area contributed by atoms with Gasteiger partial charge >= 0.3 is 0 Å². The van der Waals surface area contributed by atoms with Crippen LogP contribution in [0.5, 0.6) is 0 Å². The molecule has 0 aliphatic carbocycles. The normalized spacial score (nSPS) is 9.82. The Morgan fingerprint density at radius 1 is 1.73 bits per heavy atom. The molecule has 0 unspecified atom stereocenters. The van der Waals surface area contributed by atoms with Crippen molar-refractivity contribution in [1.82, 2.24) is 20.5 Å². The minimum atomic E-state index is 0.278. The molecule has 5 nitrogen and oxygen atoms in total. The maximum atomic E-state index is 5.28. The van der Waals surface area contributed by atoms with Crippen molar-refractivity contribution in [1.29, 1.82) is 0 Å². The van der Waals surface area contributed by atoms with Crippen LogP contribution < -0.4 is 11.1 Å². The zero-order valence-electron chi connectivity index (χ0n) is 6.17. The average Bonchev–Trinajstić information content (AvgIpc) is 2.37. The van der Waals surface area contributed by atoms with E-state index in [0.717, 1.165) is 12.4 Å². The average molecular weight is 153 g/mol. The topological polar surface area (TPSA) is 79.6 Å². The van der Waals surface area contributed by atoms with Gasteiger partial charge in [0, 0.05) is 6.54 Å². The number of hydrogen-bond donors (Lipinski definition) is 3. The number of aromatic nitrogens is 3. The minimum absolute atomic E-state index is 0.278. The molecule has 0 aliphatic rings. The highest BCUT2D eigenvalue weighted by Crippen LogP contribution is 1.90. The second-order valence-corrected chi connectivity index (χ2v) is 2.06. The first kappa shape index (κ1) is 7.74. The molecule has 0 amide bonds. The number of anilines is 1. The molecular formula is C6H11N5. The summed E-state index contributed by atoms with van der Waals surface area (Å²) in [6.07, 6.45) is 1.78. The van der Waals surface area contributed by atoms with E-state index in [1.807, 2.05) is 0 Å². The van der Waals surface area contributed by atoms with Crippen LogP contribution >= 0.6 is 0 Å². The molecule has 0 saturated carbocycles. The van der Waals surface area contributed by atoms with Gasteiger partial charge in [-0.1, -0.05) is 6.08 Å². The van der Waals surface area contributed by atoms with Crippen LogP contribution in [-0.2, 0) is 6.54 Å². The Balaban J connectivity index is 2.32. The summed E-state index contributed by atoms with van der Waals surface area (Å²) < 4.78 is 0. The van der Waals surface area contributed by atoms with Gasteiger partial charge in [0.05, 0.1) is 6.54 Å². The highest BCUT2D eigenvalue weighted by atomic mass is 15.3.